The minimum Gasteiger partial charge on any atom is -0.328 e. The van der Waals surface area contributed by atoms with Crippen molar-refractivity contribution in [2.75, 3.05) is 0 Å². The van der Waals surface area contributed by atoms with Crippen LogP contribution in [0.25, 0.3) is 0 Å². The second-order valence-electron chi connectivity index (χ2n) is 4.04. The van der Waals surface area contributed by atoms with Crippen LogP contribution in [0.5, 0.6) is 0 Å². The van der Waals surface area contributed by atoms with E-state index in [1.807, 2.05) is 13.0 Å². The highest BCUT2D eigenvalue weighted by atomic mass is 79.9. The zero-order chi connectivity index (χ0) is 10.3. The highest BCUT2D eigenvalue weighted by Gasteiger charge is 2.40. The van der Waals surface area contributed by atoms with Gasteiger partial charge in [-0.2, -0.15) is 0 Å². The van der Waals surface area contributed by atoms with Gasteiger partial charge in [0.2, 0.25) is 0 Å². The van der Waals surface area contributed by atoms with Crippen LogP contribution in [0, 0.1) is 11.7 Å². The Balaban J connectivity index is 2.16. The Hall–Kier alpha value is -0.410. The molecule has 0 spiro atoms. The molecule has 0 saturated heterocycles. The lowest BCUT2D eigenvalue weighted by atomic mass is 10.1. The van der Waals surface area contributed by atoms with Crippen molar-refractivity contribution in [2.45, 2.75) is 25.3 Å². The molecule has 1 saturated carbocycles. The van der Waals surface area contributed by atoms with Crippen molar-refractivity contribution in [3.63, 3.8) is 0 Å². The van der Waals surface area contributed by atoms with Crippen LogP contribution in [-0.2, 0) is 0 Å². The second kappa shape index (κ2) is 3.63. The maximum Gasteiger partial charge on any atom is 0.137 e. The third-order valence-electron chi connectivity index (χ3n) is 2.89. The first-order valence-corrected chi connectivity index (χ1v) is 5.59. The summed E-state index contributed by atoms with van der Waals surface area (Å²) in [4.78, 5) is 0. The monoisotopic (exact) mass is 257 g/mol. The first-order valence-electron chi connectivity index (χ1n) is 4.80. The molecule has 1 aliphatic rings. The summed E-state index contributed by atoms with van der Waals surface area (Å²) in [5, 5.41) is 0. The van der Waals surface area contributed by atoms with Gasteiger partial charge in [-0.1, -0.05) is 6.07 Å². The zero-order valence-corrected chi connectivity index (χ0v) is 9.59. The number of hydrogen-bond acceptors (Lipinski definition) is 1. The summed E-state index contributed by atoms with van der Waals surface area (Å²) in [6.07, 6.45) is 1.10. The normalized spacial score (nSPS) is 27.4. The molecule has 14 heavy (non-hydrogen) atoms. The predicted molar refractivity (Wildman–Crippen MR) is 58.6 cm³/mol. The molecule has 0 aliphatic heterocycles. The standard InChI is InChI=1S/C11H13BrFN/c1-6(14)8-5-9(8)7-2-3-10(12)11(13)4-7/h2-4,6,8-9H,5,14H2,1H3. The van der Waals surface area contributed by atoms with Crippen LogP contribution in [0.1, 0.15) is 24.8 Å². The fraction of sp³-hybridized carbons (Fsp3) is 0.455. The average Bonchev–Trinajstić information content (AvgIpc) is 2.89. The van der Waals surface area contributed by atoms with Crippen molar-refractivity contribution in [3.8, 4) is 0 Å². The van der Waals surface area contributed by atoms with Crippen LogP contribution >= 0.6 is 15.9 Å². The molecule has 2 N–H and O–H groups in total. The molecule has 1 nitrogen and oxygen atoms in total. The summed E-state index contributed by atoms with van der Waals surface area (Å²) in [7, 11) is 0. The van der Waals surface area contributed by atoms with Crippen molar-refractivity contribution in [3.05, 3.63) is 34.1 Å². The molecule has 1 fully saturated rings. The topological polar surface area (TPSA) is 26.0 Å². The van der Waals surface area contributed by atoms with Gasteiger partial charge in [-0.3, -0.25) is 0 Å². The molecule has 3 atom stereocenters. The summed E-state index contributed by atoms with van der Waals surface area (Å²) in [5.74, 6) is 0.825. The third kappa shape index (κ3) is 1.84. The molecule has 0 amide bonds. The molecular formula is C11H13BrFN. The van der Waals surface area contributed by atoms with Gasteiger partial charge in [0.1, 0.15) is 5.82 Å². The van der Waals surface area contributed by atoms with E-state index in [1.54, 1.807) is 12.1 Å². The molecule has 1 aromatic carbocycles. The van der Waals surface area contributed by atoms with Crippen LogP contribution in [0.3, 0.4) is 0 Å². The average molecular weight is 258 g/mol. The van der Waals surface area contributed by atoms with Gasteiger partial charge in [-0.15, -0.1) is 0 Å². The number of benzene rings is 1. The summed E-state index contributed by atoms with van der Waals surface area (Å²) in [6, 6.07) is 5.56. The Morgan fingerprint density at radius 2 is 2.29 bits per heavy atom. The van der Waals surface area contributed by atoms with Gasteiger partial charge in [-0.05, 0) is 58.8 Å². The highest BCUT2D eigenvalue weighted by molar-refractivity contribution is 9.10. The van der Waals surface area contributed by atoms with E-state index < -0.39 is 0 Å². The largest absolute Gasteiger partial charge is 0.328 e. The minimum absolute atomic E-state index is 0.183. The van der Waals surface area contributed by atoms with Crippen LogP contribution < -0.4 is 5.73 Å². The molecule has 76 valence electrons. The maximum absolute atomic E-state index is 13.2. The molecule has 0 bridgehead atoms. The Morgan fingerprint density at radius 1 is 1.57 bits per heavy atom. The van der Waals surface area contributed by atoms with Crippen molar-refractivity contribution in [2.24, 2.45) is 11.7 Å². The van der Waals surface area contributed by atoms with Crippen LogP contribution in [0.4, 0.5) is 4.39 Å². The lowest BCUT2D eigenvalue weighted by Crippen LogP contribution is -2.17. The molecular weight excluding hydrogens is 245 g/mol. The van der Waals surface area contributed by atoms with E-state index in [2.05, 4.69) is 15.9 Å². The van der Waals surface area contributed by atoms with Gasteiger partial charge in [0, 0.05) is 6.04 Å². The molecule has 0 heterocycles. The molecule has 1 aromatic rings. The van der Waals surface area contributed by atoms with E-state index >= 15 is 0 Å². The van der Waals surface area contributed by atoms with Crippen molar-refractivity contribution >= 4 is 15.9 Å². The van der Waals surface area contributed by atoms with E-state index in [0.29, 0.717) is 16.3 Å². The Morgan fingerprint density at radius 3 is 2.79 bits per heavy atom. The lowest BCUT2D eigenvalue weighted by molar-refractivity contribution is 0.611. The third-order valence-corrected chi connectivity index (χ3v) is 3.53. The lowest BCUT2D eigenvalue weighted by Gasteiger charge is -2.04. The summed E-state index contributed by atoms with van der Waals surface area (Å²) < 4.78 is 13.7. The Labute approximate surface area is 91.6 Å². The summed E-state index contributed by atoms with van der Waals surface area (Å²) in [6.45, 7) is 2.01. The zero-order valence-electron chi connectivity index (χ0n) is 8.00. The summed E-state index contributed by atoms with van der Waals surface area (Å²) in [5.41, 5.74) is 6.87. The molecule has 1 aliphatic carbocycles. The Kier molecular flexibility index (Phi) is 2.62. The van der Waals surface area contributed by atoms with Crippen LogP contribution in [0.2, 0.25) is 0 Å². The smallest absolute Gasteiger partial charge is 0.137 e. The van der Waals surface area contributed by atoms with E-state index in [1.165, 1.54) is 0 Å². The second-order valence-corrected chi connectivity index (χ2v) is 4.89. The fourth-order valence-electron chi connectivity index (χ4n) is 1.92. The van der Waals surface area contributed by atoms with E-state index in [9.17, 15) is 4.39 Å². The van der Waals surface area contributed by atoms with Gasteiger partial charge in [-0.25, -0.2) is 4.39 Å². The van der Waals surface area contributed by atoms with E-state index in [-0.39, 0.29) is 11.9 Å². The first-order chi connectivity index (χ1) is 6.59. The van der Waals surface area contributed by atoms with Gasteiger partial charge >= 0.3 is 0 Å². The van der Waals surface area contributed by atoms with Gasteiger partial charge in [0.25, 0.3) is 0 Å². The maximum atomic E-state index is 13.2. The van der Waals surface area contributed by atoms with Crippen molar-refractivity contribution in [1.82, 2.24) is 0 Å². The van der Waals surface area contributed by atoms with Crippen LogP contribution in [0.15, 0.2) is 22.7 Å². The number of hydrogen-bond donors (Lipinski definition) is 1. The van der Waals surface area contributed by atoms with E-state index in [4.69, 9.17) is 5.73 Å². The van der Waals surface area contributed by atoms with Gasteiger partial charge in [0.05, 0.1) is 4.47 Å². The van der Waals surface area contributed by atoms with Crippen molar-refractivity contribution < 1.29 is 4.39 Å². The molecule has 0 aromatic heterocycles. The molecule has 2 rings (SSSR count). The predicted octanol–water partition coefficient (Wildman–Crippen LogP) is 3.04. The summed E-state index contributed by atoms with van der Waals surface area (Å²) >= 11 is 3.14. The van der Waals surface area contributed by atoms with E-state index in [0.717, 1.165) is 12.0 Å². The highest BCUT2D eigenvalue weighted by Crippen LogP contribution is 2.49. The first kappa shape index (κ1) is 10.1. The molecule has 0 radical (unpaired) electrons. The van der Waals surface area contributed by atoms with Gasteiger partial charge in [0.15, 0.2) is 0 Å². The quantitative estimate of drug-likeness (QED) is 0.866. The van der Waals surface area contributed by atoms with Crippen LogP contribution in [-0.4, -0.2) is 6.04 Å². The number of halogens is 2. The number of rotatable bonds is 2. The minimum atomic E-state index is -0.183. The Bertz CT molecular complexity index is 351. The molecule has 3 heteroatoms. The molecule has 3 unspecified atom stereocenters. The van der Waals surface area contributed by atoms with Gasteiger partial charge < -0.3 is 5.73 Å². The fourth-order valence-corrected chi connectivity index (χ4v) is 2.17. The SMILES string of the molecule is CC(N)C1CC1c1ccc(Br)c(F)c1. The number of nitrogens with two attached hydrogens (primary N) is 1. The van der Waals surface area contributed by atoms with Crippen molar-refractivity contribution in [1.29, 1.82) is 0 Å².